The molecule has 1 amide bonds. The smallest absolute Gasteiger partial charge is 0.264 e. The van der Waals surface area contributed by atoms with Gasteiger partial charge in [0.1, 0.15) is 5.75 Å². The standard InChI is InChI=1S/C26H28N4O2S/c1-6-32-23-13-7-20(8-14-23)27-26-28-25(31)24(33-26)16-19-15-17(2)30(18(19)3)22-11-9-21(10-12-22)29(4)5/h7-16H,6H2,1-5H3,(H,27,28,31)/b24-16-. The van der Waals surface area contributed by atoms with Crippen molar-refractivity contribution >= 4 is 40.3 Å². The number of nitrogens with zero attached hydrogens (tertiary/aromatic N) is 3. The summed E-state index contributed by atoms with van der Waals surface area (Å²) in [7, 11) is 4.06. The Morgan fingerprint density at radius 2 is 1.79 bits per heavy atom. The second-order valence-electron chi connectivity index (χ2n) is 7.98. The van der Waals surface area contributed by atoms with Crippen molar-refractivity contribution in [3.63, 3.8) is 0 Å². The number of amidine groups is 1. The number of carbonyl (C=O) groups excluding carboxylic acids is 1. The number of carbonyl (C=O) groups is 1. The third-order valence-electron chi connectivity index (χ3n) is 5.41. The molecule has 7 heteroatoms. The Kier molecular flexibility index (Phi) is 6.60. The second-order valence-corrected chi connectivity index (χ2v) is 9.01. The number of aromatic nitrogens is 1. The highest BCUT2D eigenvalue weighted by Gasteiger charge is 2.24. The van der Waals surface area contributed by atoms with Crippen LogP contribution in [0.25, 0.3) is 11.8 Å². The van der Waals surface area contributed by atoms with Crippen LogP contribution in [0.5, 0.6) is 5.75 Å². The molecule has 2 heterocycles. The van der Waals surface area contributed by atoms with E-state index in [1.807, 2.05) is 51.4 Å². The number of benzene rings is 2. The van der Waals surface area contributed by atoms with Crippen LogP contribution in [0.3, 0.4) is 0 Å². The molecular formula is C26H28N4O2S. The minimum atomic E-state index is -0.134. The van der Waals surface area contributed by atoms with E-state index in [9.17, 15) is 4.79 Å². The molecule has 4 rings (SSSR count). The summed E-state index contributed by atoms with van der Waals surface area (Å²) in [5.74, 6) is 0.668. The maximum Gasteiger partial charge on any atom is 0.264 e. The lowest BCUT2D eigenvalue weighted by Gasteiger charge is -2.14. The predicted octanol–water partition coefficient (Wildman–Crippen LogP) is 5.45. The van der Waals surface area contributed by atoms with E-state index in [1.165, 1.54) is 11.8 Å². The molecule has 0 aliphatic carbocycles. The minimum Gasteiger partial charge on any atom is -0.494 e. The highest BCUT2D eigenvalue weighted by molar-refractivity contribution is 8.18. The number of hydrogen-bond acceptors (Lipinski definition) is 5. The van der Waals surface area contributed by atoms with Gasteiger partial charge in [-0.05, 0) is 98.8 Å². The Morgan fingerprint density at radius 1 is 1.09 bits per heavy atom. The zero-order chi connectivity index (χ0) is 23.5. The van der Waals surface area contributed by atoms with Crippen molar-refractivity contribution in [1.29, 1.82) is 0 Å². The second kappa shape index (κ2) is 9.58. The van der Waals surface area contributed by atoms with Gasteiger partial charge in [-0.15, -0.1) is 0 Å². The van der Waals surface area contributed by atoms with Crippen molar-refractivity contribution in [2.75, 3.05) is 25.6 Å². The Hall–Kier alpha value is -3.45. The number of thioether (sulfide) groups is 1. The number of hydrogen-bond donors (Lipinski definition) is 1. The lowest BCUT2D eigenvalue weighted by atomic mass is 10.2. The lowest BCUT2D eigenvalue weighted by Crippen LogP contribution is -2.19. The number of rotatable bonds is 6. The quantitative estimate of drug-likeness (QED) is 0.497. The number of nitrogens with one attached hydrogen (secondary N) is 1. The van der Waals surface area contributed by atoms with E-state index in [2.05, 4.69) is 64.0 Å². The molecule has 0 radical (unpaired) electrons. The Balaban J connectivity index is 1.56. The highest BCUT2D eigenvalue weighted by atomic mass is 32.2. The van der Waals surface area contributed by atoms with Crippen LogP contribution in [0.2, 0.25) is 0 Å². The maximum absolute atomic E-state index is 12.6. The summed E-state index contributed by atoms with van der Waals surface area (Å²) >= 11 is 1.35. The summed E-state index contributed by atoms with van der Waals surface area (Å²) in [6.45, 7) is 6.72. The molecule has 33 heavy (non-hydrogen) atoms. The topological polar surface area (TPSA) is 58.9 Å². The third-order valence-corrected chi connectivity index (χ3v) is 6.32. The molecule has 1 aliphatic rings. The molecule has 0 bridgehead atoms. The van der Waals surface area contributed by atoms with Gasteiger partial charge in [0.15, 0.2) is 5.17 Å². The van der Waals surface area contributed by atoms with Crippen LogP contribution in [0.4, 0.5) is 11.4 Å². The molecule has 1 saturated heterocycles. The molecule has 3 aromatic rings. The molecule has 0 saturated carbocycles. The average molecular weight is 461 g/mol. The fourth-order valence-corrected chi connectivity index (χ4v) is 4.59. The van der Waals surface area contributed by atoms with E-state index in [0.717, 1.165) is 39.8 Å². The zero-order valence-electron chi connectivity index (χ0n) is 19.5. The van der Waals surface area contributed by atoms with Crippen LogP contribution >= 0.6 is 11.8 Å². The maximum atomic E-state index is 12.6. The number of anilines is 1. The molecule has 1 fully saturated rings. The largest absolute Gasteiger partial charge is 0.494 e. The van der Waals surface area contributed by atoms with Crippen LogP contribution in [0.1, 0.15) is 23.9 Å². The molecule has 2 aromatic carbocycles. The number of ether oxygens (including phenoxy) is 1. The summed E-state index contributed by atoms with van der Waals surface area (Å²) in [6, 6.07) is 18.1. The van der Waals surface area contributed by atoms with Gasteiger partial charge in [-0.2, -0.15) is 0 Å². The molecular weight excluding hydrogens is 432 g/mol. The molecule has 1 aromatic heterocycles. The monoisotopic (exact) mass is 460 g/mol. The van der Waals surface area contributed by atoms with Gasteiger partial charge in [0.2, 0.25) is 0 Å². The van der Waals surface area contributed by atoms with Crippen LogP contribution in [0, 0.1) is 13.8 Å². The van der Waals surface area contributed by atoms with Crippen molar-refractivity contribution in [3.05, 3.63) is 76.5 Å². The first-order valence-corrected chi connectivity index (χ1v) is 11.7. The van der Waals surface area contributed by atoms with E-state index in [1.54, 1.807) is 0 Å². The zero-order valence-corrected chi connectivity index (χ0v) is 20.4. The number of amides is 1. The lowest BCUT2D eigenvalue weighted by molar-refractivity contribution is -0.115. The molecule has 170 valence electrons. The molecule has 1 aliphatic heterocycles. The van der Waals surface area contributed by atoms with E-state index in [-0.39, 0.29) is 5.91 Å². The van der Waals surface area contributed by atoms with Crippen LogP contribution < -0.4 is 15.0 Å². The summed E-state index contributed by atoms with van der Waals surface area (Å²) in [6.07, 6.45) is 1.94. The van der Waals surface area contributed by atoms with Crippen molar-refractivity contribution in [2.24, 2.45) is 4.99 Å². The SMILES string of the molecule is CCOc1ccc(N=C2NC(=O)/C(=C/c3cc(C)n(-c4ccc(N(C)C)cc4)c3C)S2)cc1. The average Bonchev–Trinajstić information content (AvgIpc) is 3.27. The fraction of sp³-hybridized carbons (Fsp3) is 0.231. The first kappa shape index (κ1) is 22.7. The summed E-state index contributed by atoms with van der Waals surface area (Å²) < 4.78 is 7.67. The van der Waals surface area contributed by atoms with Crippen molar-refractivity contribution in [1.82, 2.24) is 9.88 Å². The Bertz CT molecular complexity index is 1220. The van der Waals surface area contributed by atoms with Gasteiger partial charge in [-0.1, -0.05) is 0 Å². The first-order valence-electron chi connectivity index (χ1n) is 10.8. The van der Waals surface area contributed by atoms with Gasteiger partial charge in [0.05, 0.1) is 17.2 Å². The molecule has 1 N–H and O–H groups in total. The van der Waals surface area contributed by atoms with E-state index >= 15 is 0 Å². The van der Waals surface area contributed by atoms with Crippen molar-refractivity contribution < 1.29 is 9.53 Å². The Labute approximate surface area is 199 Å². The van der Waals surface area contributed by atoms with Crippen LogP contribution in [-0.4, -0.2) is 36.3 Å². The molecule has 0 unspecified atom stereocenters. The first-order chi connectivity index (χ1) is 15.9. The van der Waals surface area contributed by atoms with Gasteiger partial charge < -0.3 is 19.5 Å². The van der Waals surface area contributed by atoms with Gasteiger partial charge >= 0.3 is 0 Å². The number of aryl methyl sites for hydroxylation is 1. The minimum absolute atomic E-state index is 0.134. The highest BCUT2D eigenvalue weighted by Crippen LogP contribution is 2.31. The van der Waals surface area contributed by atoms with E-state index < -0.39 is 0 Å². The van der Waals surface area contributed by atoms with E-state index in [0.29, 0.717) is 16.7 Å². The summed E-state index contributed by atoms with van der Waals surface area (Å²) in [5.41, 5.74) is 6.24. The van der Waals surface area contributed by atoms with Crippen LogP contribution in [0.15, 0.2) is 64.5 Å². The van der Waals surface area contributed by atoms with Crippen molar-refractivity contribution in [3.8, 4) is 11.4 Å². The number of aliphatic imine (C=N–C) groups is 1. The predicted molar refractivity (Wildman–Crippen MR) is 138 cm³/mol. The molecule has 0 spiro atoms. The van der Waals surface area contributed by atoms with Gasteiger partial charge in [0, 0.05) is 36.9 Å². The normalized spacial score (nSPS) is 15.8. The summed E-state index contributed by atoms with van der Waals surface area (Å²) in [4.78, 5) is 19.8. The van der Waals surface area contributed by atoms with Crippen LogP contribution in [-0.2, 0) is 4.79 Å². The fourth-order valence-electron chi connectivity index (χ4n) is 3.75. The van der Waals surface area contributed by atoms with Gasteiger partial charge in [-0.25, -0.2) is 4.99 Å². The molecule has 6 nitrogen and oxygen atoms in total. The molecule has 0 atom stereocenters. The van der Waals surface area contributed by atoms with E-state index in [4.69, 9.17) is 4.74 Å². The van der Waals surface area contributed by atoms with Gasteiger partial charge in [-0.3, -0.25) is 4.79 Å². The summed E-state index contributed by atoms with van der Waals surface area (Å²) in [5, 5.41) is 3.44. The van der Waals surface area contributed by atoms with Gasteiger partial charge in [0.25, 0.3) is 5.91 Å². The Morgan fingerprint density at radius 3 is 2.42 bits per heavy atom. The third kappa shape index (κ3) is 4.98. The van der Waals surface area contributed by atoms with Crippen molar-refractivity contribution in [2.45, 2.75) is 20.8 Å².